The van der Waals surface area contributed by atoms with Crippen molar-refractivity contribution >= 4 is 23.2 Å². The topological polar surface area (TPSA) is 58.6 Å². The van der Waals surface area contributed by atoms with E-state index < -0.39 is 0 Å². The van der Waals surface area contributed by atoms with Crippen LogP contribution >= 0.6 is 0 Å². The van der Waals surface area contributed by atoms with Crippen molar-refractivity contribution in [1.29, 1.82) is 0 Å². The zero-order valence-electron chi connectivity index (χ0n) is 11.0. The number of ether oxygens (including phenoxy) is 1. The molecule has 0 saturated carbocycles. The zero-order valence-corrected chi connectivity index (χ0v) is 11.0. The van der Waals surface area contributed by atoms with E-state index in [2.05, 4.69) is 5.32 Å². The first-order chi connectivity index (χ1) is 9.20. The van der Waals surface area contributed by atoms with Gasteiger partial charge in [-0.25, -0.2) is 0 Å². The summed E-state index contributed by atoms with van der Waals surface area (Å²) in [6.07, 6.45) is 1.34. The van der Waals surface area contributed by atoms with Crippen LogP contribution < -0.4 is 10.2 Å². The second-order valence-corrected chi connectivity index (χ2v) is 4.44. The molecule has 1 fully saturated rings. The Morgan fingerprint density at radius 2 is 2.11 bits per heavy atom. The van der Waals surface area contributed by atoms with Crippen molar-refractivity contribution in [3.63, 3.8) is 0 Å². The summed E-state index contributed by atoms with van der Waals surface area (Å²) in [5.41, 5.74) is 1.59. The number of amides is 2. The summed E-state index contributed by atoms with van der Waals surface area (Å²) >= 11 is 0. The van der Waals surface area contributed by atoms with E-state index in [1.807, 2.05) is 31.2 Å². The highest BCUT2D eigenvalue weighted by Gasteiger charge is 2.19. The highest BCUT2D eigenvalue weighted by Crippen LogP contribution is 2.19. The summed E-state index contributed by atoms with van der Waals surface area (Å²) < 4.78 is 5.09. The molecule has 19 heavy (non-hydrogen) atoms. The van der Waals surface area contributed by atoms with Gasteiger partial charge in [0.1, 0.15) is 6.61 Å². The molecule has 1 aliphatic rings. The van der Waals surface area contributed by atoms with E-state index in [0.717, 1.165) is 17.8 Å². The number of nitrogens with one attached hydrogen (secondary N) is 1. The van der Waals surface area contributed by atoms with Gasteiger partial charge in [-0.1, -0.05) is 6.92 Å². The van der Waals surface area contributed by atoms with Gasteiger partial charge in [0.15, 0.2) is 0 Å². The molecule has 0 aromatic heterocycles. The monoisotopic (exact) mass is 262 g/mol. The molecule has 0 spiro atoms. The molecular formula is C14H18N2O3. The largest absolute Gasteiger partial charge is 0.370 e. The minimum Gasteiger partial charge on any atom is -0.370 e. The van der Waals surface area contributed by atoms with Crippen molar-refractivity contribution < 1.29 is 14.3 Å². The lowest BCUT2D eigenvalue weighted by Crippen LogP contribution is -2.41. The average molecular weight is 262 g/mol. The fourth-order valence-electron chi connectivity index (χ4n) is 1.97. The predicted molar refractivity (Wildman–Crippen MR) is 73.2 cm³/mol. The minimum atomic E-state index is -0.0333. The van der Waals surface area contributed by atoms with Gasteiger partial charge in [0.2, 0.25) is 5.91 Å². The van der Waals surface area contributed by atoms with Gasteiger partial charge in [0.05, 0.1) is 6.61 Å². The Balaban J connectivity index is 2.01. The van der Waals surface area contributed by atoms with Gasteiger partial charge >= 0.3 is 0 Å². The van der Waals surface area contributed by atoms with Crippen LogP contribution in [0, 0.1) is 0 Å². The fraction of sp³-hybridized carbons (Fsp3) is 0.429. The van der Waals surface area contributed by atoms with Gasteiger partial charge in [-0.3, -0.25) is 9.59 Å². The molecule has 5 nitrogen and oxygen atoms in total. The number of morpholine rings is 1. The van der Waals surface area contributed by atoms with Crippen molar-refractivity contribution in [1.82, 2.24) is 0 Å². The lowest BCUT2D eigenvalue weighted by Gasteiger charge is -2.26. The molecule has 1 saturated heterocycles. The Labute approximate surface area is 112 Å². The molecule has 1 heterocycles. The Morgan fingerprint density at radius 1 is 1.37 bits per heavy atom. The van der Waals surface area contributed by atoms with Crippen LogP contribution in [0.1, 0.15) is 19.8 Å². The third-order valence-electron chi connectivity index (χ3n) is 2.93. The van der Waals surface area contributed by atoms with Gasteiger partial charge in [0.25, 0.3) is 5.91 Å². The first-order valence-electron chi connectivity index (χ1n) is 6.48. The summed E-state index contributed by atoms with van der Waals surface area (Å²) in [6.45, 7) is 3.23. The fourth-order valence-corrected chi connectivity index (χ4v) is 1.97. The second kappa shape index (κ2) is 6.33. The van der Waals surface area contributed by atoms with Crippen molar-refractivity contribution in [3.05, 3.63) is 24.3 Å². The Hall–Kier alpha value is -1.88. The quantitative estimate of drug-likeness (QED) is 0.900. The standard InChI is InChI=1S/C14H18N2O3/c1-2-3-13(17)15-11-4-6-12(7-5-11)16-8-9-19-10-14(16)18/h4-7H,2-3,8-10H2,1H3,(H,15,17). The van der Waals surface area contributed by atoms with Crippen molar-refractivity contribution in [3.8, 4) is 0 Å². The first kappa shape index (κ1) is 13.5. The van der Waals surface area contributed by atoms with Crippen LogP contribution in [0.5, 0.6) is 0 Å². The average Bonchev–Trinajstić information content (AvgIpc) is 2.41. The summed E-state index contributed by atoms with van der Waals surface area (Å²) in [5.74, 6) is -0.0216. The smallest absolute Gasteiger partial charge is 0.253 e. The summed E-state index contributed by atoms with van der Waals surface area (Å²) in [5, 5.41) is 2.82. The van der Waals surface area contributed by atoms with Gasteiger partial charge in [-0.2, -0.15) is 0 Å². The van der Waals surface area contributed by atoms with Crippen LogP contribution in [-0.4, -0.2) is 31.6 Å². The molecule has 0 unspecified atom stereocenters. The van der Waals surface area contributed by atoms with Gasteiger partial charge in [0, 0.05) is 24.3 Å². The Bertz CT molecular complexity index is 456. The highest BCUT2D eigenvalue weighted by atomic mass is 16.5. The molecule has 1 aromatic rings. The molecule has 0 radical (unpaired) electrons. The van der Waals surface area contributed by atoms with E-state index in [0.29, 0.717) is 19.6 Å². The predicted octanol–water partition coefficient (Wildman–Crippen LogP) is 1.79. The molecule has 0 bridgehead atoms. The van der Waals surface area contributed by atoms with E-state index >= 15 is 0 Å². The maximum Gasteiger partial charge on any atom is 0.253 e. The molecule has 1 aromatic carbocycles. The summed E-state index contributed by atoms with van der Waals surface area (Å²) in [6, 6.07) is 7.30. The molecule has 2 rings (SSSR count). The Morgan fingerprint density at radius 3 is 2.74 bits per heavy atom. The first-order valence-corrected chi connectivity index (χ1v) is 6.48. The molecule has 1 aliphatic heterocycles. The van der Waals surface area contributed by atoms with Crippen molar-refractivity contribution in [2.45, 2.75) is 19.8 Å². The van der Waals surface area contributed by atoms with Crippen LogP contribution in [0.4, 0.5) is 11.4 Å². The molecule has 102 valence electrons. The van der Waals surface area contributed by atoms with Crippen molar-refractivity contribution in [2.75, 3.05) is 30.0 Å². The molecular weight excluding hydrogens is 244 g/mol. The number of rotatable bonds is 4. The molecule has 0 atom stereocenters. The van der Waals surface area contributed by atoms with Crippen molar-refractivity contribution in [2.24, 2.45) is 0 Å². The second-order valence-electron chi connectivity index (χ2n) is 4.44. The van der Waals surface area contributed by atoms with Crippen LogP contribution in [0.2, 0.25) is 0 Å². The lowest BCUT2D eigenvalue weighted by molar-refractivity contribution is -0.125. The number of hydrogen-bond acceptors (Lipinski definition) is 3. The summed E-state index contributed by atoms with van der Waals surface area (Å²) in [4.78, 5) is 24.8. The number of benzene rings is 1. The van der Waals surface area contributed by atoms with E-state index in [1.165, 1.54) is 0 Å². The van der Waals surface area contributed by atoms with E-state index in [-0.39, 0.29) is 18.4 Å². The van der Waals surface area contributed by atoms with Crippen LogP contribution in [0.3, 0.4) is 0 Å². The number of carbonyl (C=O) groups excluding carboxylic acids is 2. The van der Waals surface area contributed by atoms with Crippen LogP contribution in [-0.2, 0) is 14.3 Å². The van der Waals surface area contributed by atoms with Crippen LogP contribution in [0.25, 0.3) is 0 Å². The number of hydrogen-bond donors (Lipinski definition) is 1. The number of anilines is 2. The van der Waals surface area contributed by atoms with E-state index in [1.54, 1.807) is 4.90 Å². The minimum absolute atomic E-state index is 0.0118. The SMILES string of the molecule is CCCC(=O)Nc1ccc(N2CCOCC2=O)cc1. The summed E-state index contributed by atoms with van der Waals surface area (Å²) in [7, 11) is 0. The number of carbonyl (C=O) groups is 2. The number of nitrogens with zero attached hydrogens (tertiary/aromatic N) is 1. The maximum atomic E-state index is 11.7. The van der Waals surface area contributed by atoms with Gasteiger partial charge in [-0.05, 0) is 30.7 Å². The highest BCUT2D eigenvalue weighted by molar-refractivity contribution is 5.95. The lowest BCUT2D eigenvalue weighted by atomic mass is 10.2. The maximum absolute atomic E-state index is 11.7. The molecule has 1 N–H and O–H groups in total. The molecule has 0 aliphatic carbocycles. The van der Waals surface area contributed by atoms with Crippen LogP contribution in [0.15, 0.2) is 24.3 Å². The third-order valence-corrected chi connectivity index (χ3v) is 2.93. The molecule has 2 amide bonds. The van der Waals surface area contributed by atoms with Gasteiger partial charge < -0.3 is 15.0 Å². The normalized spacial score (nSPS) is 15.4. The zero-order chi connectivity index (χ0) is 13.7. The van der Waals surface area contributed by atoms with E-state index in [9.17, 15) is 9.59 Å². The Kier molecular flexibility index (Phi) is 4.52. The third kappa shape index (κ3) is 3.54. The van der Waals surface area contributed by atoms with Gasteiger partial charge in [-0.15, -0.1) is 0 Å². The van der Waals surface area contributed by atoms with E-state index in [4.69, 9.17) is 4.74 Å². The molecule has 5 heteroatoms.